The van der Waals surface area contributed by atoms with Crippen LogP contribution in [0.25, 0.3) is 0 Å². The molecule has 7 nitrogen and oxygen atoms in total. The quantitative estimate of drug-likeness (QED) is 0.491. The first-order chi connectivity index (χ1) is 13.1. The molecule has 0 saturated carbocycles. The summed E-state index contributed by atoms with van der Waals surface area (Å²) in [6, 6.07) is 3.90. The number of amides is 2. The molecule has 3 rings (SSSR count). The van der Waals surface area contributed by atoms with Gasteiger partial charge in [-0.05, 0) is 61.6 Å². The lowest BCUT2D eigenvalue weighted by atomic mass is 9.99. The van der Waals surface area contributed by atoms with Gasteiger partial charge in [-0.25, -0.2) is 4.79 Å². The Hall–Kier alpha value is -2.54. The van der Waals surface area contributed by atoms with Crippen LogP contribution in [0, 0.1) is 0 Å². The summed E-state index contributed by atoms with van der Waals surface area (Å²) in [5.41, 5.74) is 18.7. The van der Waals surface area contributed by atoms with Crippen molar-refractivity contribution in [1.82, 2.24) is 5.48 Å². The third kappa shape index (κ3) is 5.72. The smallest absolute Gasteiger partial charge is 0.316 e. The molecule has 148 valence electrons. The number of urea groups is 1. The maximum absolute atomic E-state index is 11.1. The van der Waals surface area contributed by atoms with Gasteiger partial charge >= 0.3 is 6.03 Å². The van der Waals surface area contributed by atoms with Crippen molar-refractivity contribution in [1.29, 1.82) is 0 Å². The maximum Gasteiger partial charge on any atom is 0.316 e. The van der Waals surface area contributed by atoms with Crippen LogP contribution in [0.15, 0.2) is 29.0 Å². The SMILES string of the molecule is CCCCc1ccc2c(c1NC(N)=O)CCC2.N/C=C(/NO)C1=NCCC1. The van der Waals surface area contributed by atoms with Crippen LogP contribution in [0.4, 0.5) is 10.5 Å². The predicted molar refractivity (Wildman–Crippen MR) is 109 cm³/mol. The molecule has 2 aliphatic rings. The van der Waals surface area contributed by atoms with Crippen LogP contribution in [-0.4, -0.2) is 23.5 Å². The van der Waals surface area contributed by atoms with Crippen molar-refractivity contribution in [2.24, 2.45) is 16.5 Å². The Morgan fingerprint density at radius 3 is 2.70 bits per heavy atom. The van der Waals surface area contributed by atoms with E-state index < -0.39 is 6.03 Å². The summed E-state index contributed by atoms with van der Waals surface area (Å²) >= 11 is 0. The minimum absolute atomic E-state index is 0.456. The average Bonchev–Trinajstić information content (AvgIpc) is 3.34. The number of rotatable bonds is 6. The van der Waals surface area contributed by atoms with Crippen molar-refractivity contribution in [2.75, 3.05) is 11.9 Å². The number of anilines is 1. The highest BCUT2D eigenvalue weighted by molar-refractivity contribution is 6.00. The Kier molecular flexibility index (Phi) is 8.13. The number of nitrogens with two attached hydrogens (primary N) is 2. The molecule has 2 amide bonds. The zero-order valence-corrected chi connectivity index (χ0v) is 16.1. The number of nitrogens with zero attached hydrogens (tertiary/aromatic N) is 1. The summed E-state index contributed by atoms with van der Waals surface area (Å²) in [4.78, 5) is 15.2. The minimum Gasteiger partial charge on any atom is -0.403 e. The molecule has 0 spiro atoms. The lowest BCUT2D eigenvalue weighted by molar-refractivity contribution is 0.207. The van der Waals surface area contributed by atoms with Crippen molar-refractivity contribution in [2.45, 2.75) is 58.3 Å². The van der Waals surface area contributed by atoms with Gasteiger partial charge in [-0.3, -0.25) is 15.7 Å². The number of allylic oxidation sites excluding steroid dienone is 1. The zero-order valence-electron chi connectivity index (χ0n) is 16.1. The van der Waals surface area contributed by atoms with E-state index in [1.165, 1.54) is 29.3 Å². The van der Waals surface area contributed by atoms with E-state index in [2.05, 4.69) is 29.4 Å². The van der Waals surface area contributed by atoms with Crippen molar-refractivity contribution < 1.29 is 10.0 Å². The average molecular weight is 374 g/mol. The molecule has 1 aromatic rings. The fourth-order valence-corrected chi connectivity index (χ4v) is 3.53. The van der Waals surface area contributed by atoms with E-state index in [1.807, 2.05) is 5.48 Å². The van der Waals surface area contributed by atoms with Crippen molar-refractivity contribution in [3.05, 3.63) is 40.7 Å². The highest BCUT2D eigenvalue weighted by atomic mass is 16.5. The van der Waals surface area contributed by atoms with Crippen molar-refractivity contribution in [3.8, 4) is 0 Å². The van der Waals surface area contributed by atoms with E-state index in [9.17, 15) is 4.79 Å². The van der Waals surface area contributed by atoms with Crippen LogP contribution < -0.4 is 22.3 Å². The number of primary amides is 1. The molecular formula is C20H31N5O2. The Bertz CT molecular complexity index is 713. The maximum atomic E-state index is 11.1. The van der Waals surface area contributed by atoms with Crippen LogP contribution >= 0.6 is 0 Å². The van der Waals surface area contributed by atoms with E-state index in [-0.39, 0.29) is 0 Å². The predicted octanol–water partition coefficient (Wildman–Crippen LogP) is 3.01. The number of hydroxylamine groups is 1. The van der Waals surface area contributed by atoms with Gasteiger partial charge in [0.05, 0.1) is 11.4 Å². The fraction of sp³-hybridized carbons (Fsp3) is 0.500. The van der Waals surface area contributed by atoms with E-state index >= 15 is 0 Å². The first kappa shape index (κ1) is 20.8. The number of unbranched alkanes of at least 4 members (excludes halogenated alkanes) is 1. The zero-order chi connectivity index (χ0) is 19.6. The lowest BCUT2D eigenvalue weighted by Gasteiger charge is -2.14. The van der Waals surface area contributed by atoms with Crippen LogP contribution in [0.5, 0.6) is 0 Å². The van der Waals surface area contributed by atoms with E-state index in [1.54, 1.807) is 0 Å². The van der Waals surface area contributed by atoms with Gasteiger partial charge in [0, 0.05) is 18.4 Å². The molecule has 0 bridgehead atoms. The molecule has 7 heteroatoms. The molecule has 27 heavy (non-hydrogen) atoms. The lowest BCUT2D eigenvalue weighted by Crippen LogP contribution is -2.21. The van der Waals surface area contributed by atoms with Crippen molar-refractivity contribution in [3.63, 3.8) is 0 Å². The molecule has 7 N–H and O–H groups in total. The Balaban J connectivity index is 0.000000223. The topological polar surface area (TPSA) is 126 Å². The normalized spacial score (nSPS) is 15.5. The molecule has 0 aromatic heterocycles. The standard InChI is InChI=1S/C14H20N2O.C6H11N3O/c1-2-3-5-11-9-8-10-6-4-7-12(10)13(11)16-14(15)17;7-4-6(9-10)5-2-1-3-8-5/h8-9H,2-7H2,1H3,(H3,15,16,17);4,9-10H,1-3,7H2/b;6-4+. The second-order valence-electron chi connectivity index (χ2n) is 6.81. The number of hydrogen-bond donors (Lipinski definition) is 5. The van der Waals surface area contributed by atoms with Gasteiger partial charge in [0.25, 0.3) is 0 Å². The Morgan fingerprint density at radius 2 is 2.11 bits per heavy atom. The number of hydrogen-bond acceptors (Lipinski definition) is 5. The third-order valence-electron chi connectivity index (χ3n) is 4.89. The molecule has 0 radical (unpaired) electrons. The van der Waals surface area contributed by atoms with E-state index in [4.69, 9.17) is 16.7 Å². The summed E-state index contributed by atoms with van der Waals surface area (Å²) in [6.45, 7) is 3.02. The largest absolute Gasteiger partial charge is 0.403 e. The number of carbonyl (C=O) groups excluding carboxylic acids is 1. The molecule has 0 fully saturated rings. The first-order valence-corrected chi connectivity index (χ1v) is 9.66. The third-order valence-corrected chi connectivity index (χ3v) is 4.89. The molecule has 0 saturated heterocycles. The Labute approximate surface area is 160 Å². The van der Waals surface area contributed by atoms with Gasteiger partial charge in [-0.15, -0.1) is 0 Å². The Morgan fingerprint density at radius 1 is 1.30 bits per heavy atom. The van der Waals surface area contributed by atoms with Crippen LogP contribution in [0.3, 0.4) is 0 Å². The first-order valence-electron chi connectivity index (χ1n) is 9.66. The second-order valence-corrected chi connectivity index (χ2v) is 6.81. The van der Waals surface area contributed by atoms with Gasteiger partial charge in [0.15, 0.2) is 0 Å². The number of carbonyl (C=O) groups is 1. The highest BCUT2D eigenvalue weighted by Crippen LogP contribution is 2.32. The van der Waals surface area contributed by atoms with Gasteiger partial charge in [0.2, 0.25) is 0 Å². The molecule has 1 aliphatic heterocycles. The molecule has 0 atom stereocenters. The molecule has 1 aliphatic carbocycles. The summed E-state index contributed by atoms with van der Waals surface area (Å²) in [7, 11) is 0. The number of aryl methyl sites for hydroxylation is 2. The number of benzene rings is 1. The summed E-state index contributed by atoms with van der Waals surface area (Å²) in [6.07, 6.45) is 9.95. The number of aliphatic imine (C=N–C) groups is 1. The van der Waals surface area contributed by atoms with E-state index in [0.29, 0.717) is 5.70 Å². The van der Waals surface area contributed by atoms with Gasteiger partial charge in [0.1, 0.15) is 0 Å². The monoisotopic (exact) mass is 373 g/mol. The highest BCUT2D eigenvalue weighted by Gasteiger charge is 2.18. The fourth-order valence-electron chi connectivity index (χ4n) is 3.53. The van der Waals surface area contributed by atoms with Crippen molar-refractivity contribution >= 4 is 17.4 Å². The molecule has 1 aromatic carbocycles. The summed E-state index contributed by atoms with van der Waals surface area (Å²) in [5, 5.41) is 11.3. The second kappa shape index (κ2) is 10.6. The summed E-state index contributed by atoms with van der Waals surface area (Å²) < 4.78 is 0. The number of fused-ring (bicyclic) bond motifs is 1. The van der Waals surface area contributed by atoms with E-state index in [0.717, 1.165) is 62.9 Å². The molecule has 0 unspecified atom stereocenters. The number of nitrogens with one attached hydrogen (secondary N) is 2. The minimum atomic E-state index is -0.456. The van der Waals surface area contributed by atoms with Crippen LogP contribution in [0.2, 0.25) is 0 Å². The van der Waals surface area contributed by atoms with Gasteiger partial charge in [-0.2, -0.15) is 0 Å². The van der Waals surface area contributed by atoms with Crippen LogP contribution in [-0.2, 0) is 19.3 Å². The summed E-state index contributed by atoms with van der Waals surface area (Å²) in [5.74, 6) is 0. The molecular weight excluding hydrogens is 342 g/mol. The van der Waals surface area contributed by atoms with Gasteiger partial charge in [-0.1, -0.05) is 25.5 Å². The van der Waals surface area contributed by atoms with Gasteiger partial charge < -0.3 is 16.8 Å². The molecule has 1 heterocycles. The van der Waals surface area contributed by atoms with Crippen LogP contribution in [0.1, 0.15) is 55.7 Å².